The molecular weight excluding hydrogens is 849 g/mol. The van der Waals surface area contributed by atoms with Gasteiger partial charge in [-0.15, -0.1) is 0 Å². The minimum absolute atomic E-state index is 0.213. The number of hydrogen-bond donors (Lipinski definition) is 2. The van der Waals surface area contributed by atoms with Crippen LogP contribution < -0.4 is 9.47 Å². The SMILES string of the molecule is CCCCc1ccc(O[C@@H](C)C[C@H](C)Oc2ccc(CCCC)cc2-c2cc(C)cc(-n3c4ccccc4c4ccccc43)c2O)c(-c2cc(C)cc(-n3c4ccccc4c4ccccc43)c2O)c1. The van der Waals surface area contributed by atoms with E-state index < -0.39 is 0 Å². The van der Waals surface area contributed by atoms with E-state index in [9.17, 15) is 10.2 Å². The number of aromatic nitrogens is 2. The standard InChI is InChI=1S/C63H62N2O4/c1-7-9-19-44-29-31-60(50(38-44)52-33-40(3)35-58(62(52)66)64-54-25-15-11-21-46(54)47-22-12-16-26-55(47)64)68-42(5)37-43(6)69-61-32-30-45(20-10-8-2)39-51(61)53-34-41(4)36-59(63(53)67)65-56-27-17-13-23-48(56)49-24-14-18-28-57(49)65/h11-18,21-36,38-39,42-43,66-67H,7-10,19-20,37H2,1-6H3/t42-,43-/m0/s1. The fourth-order valence-electron chi connectivity index (χ4n) is 10.5. The number of para-hydroxylation sites is 4. The summed E-state index contributed by atoms with van der Waals surface area (Å²) in [5.41, 5.74) is 13.3. The number of nitrogens with zero attached hydrogens (tertiary/aromatic N) is 2. The van der Waals surface area contributed by atoms with Crippen molar-refractivity contribution in [1.82, 2.24) is 9.13 Å². The molecular formula is C63H62N2O4. The van der Waals surface area contributed by atoms with Crippen molar-refractivity contribution in [2.75, 3.05) is 0 Å². The Labute approximate surface area is 406 Å². The number of aromatic hydroxyl groups is 2. The van der Waals surface area contributed by atoms with Gasteiger partial charge in [0.15, 0.2) is 0 Å². The zero-order chi connectivity index (χ0) is 47.8. The first-order chi connectivity index (χ1) is 33.6. The van der Waals surface area contributed by atoms with Crippen LogP contribution in [0.25, 0.3) is 77.2 Å². The third-order valence-corrected chi connectivity index (χ3v) is 13.7. The monoisotopic (exact) mass is 910 g/mol. The fourth-order valence-corrected chi connectivity index (χ4v) is 10.5. The molecule has 348 valence electrons. The van der Waals surface area contributed by atoms with E-state index in [0.717, 1.165) is 127 Å². The molecule has 0 saturated carbocycles. The quantitative estimate of drug-likeness (QED) is 0.101. The lowest BCUT2D eigenvalue weighted by molar-refractivity contribution is 0.131. The van der Waals surface area contributed by atoms with Crippen molar-refractivity contribution in [3.05, 3.63) is 180 Å². The van der Waals surface area contributed by atoms with Crippen molar-refractivity contribution in [2.45, 2.75) is 98.7 Å². The molecule has 0 bridgehead atoms. The third-order valence-electron chi connectivity index (χ3n) is 13.7. The topological polar surface area (TPSA) is 68.8 Å². The average Bonchev–Trinajstić information content (AvgIpc) is 3.87. The van der Waals surface area contributed by atoms with E-state index in [1.165, 1.54) is 11.1 Å². The van der Waals surface area contributed by atoms with E-state index in [1.807, 2.05) is 0 Å². The van der Waals surface area contributed by atoms with E-state index in [1.54, 1.807) is 0 Å². The molecule has 2 atom stereocenters. The maximum atomic E-state index is 12.5. The van der Waals surface area contributed by atoms with Gasteiger partial charge >= 0.3 is 0 Å². The molecule has 0 radical (unpaired) electrons. The Morgan fingerprint density at radius 1 is 0.435 bits per heavy atom. The predicted octanol–water partition coefficient (Wildman–Crippen LogP) is 16.6. The highest BCUT2D eigenvalue weighted by Gasteiger charge is 2.24. The highest BCUT2D eigenvalue weighted by atomic mass is 16.5. The zero-order valence-corrected chi connectivity index (χ0v) is 40.7. The minimum Gasteiger partial charge on any atom is -0.505 e. The lowest BCUT2D eigenvalue weighted by atomic mass is 9.96. The van der Waals surface area contributed by atoms with Gasteiger partial charge in [-0.25, -0.2) is 0 Å². The molecule has 0 aliphatic rings. The summed E-state index contributed by atoms with van der Waals surface area (Å²) in [4.78, 5) is 0. The molecule has 2 aromatic heterocycles. The summed E-state index contributed by atoms with van der Waals surface area (Å²) in [5, 5.41) is 29.5. The molecule has 2 N–H and O–H groups in total. The van der Waals surface area contributed by atoms with Gasteiger partial charge in [0, 0.05) is 50.2 Å². The number of rotatable bonds is 16. The number of benzene rings is 8. The summed E-state index contributed by atoms with van der Waals surface area (Å²) >= 11 is 0. The first kappa shape index (κ1) is 45.3. The second-order valence-electron chi connectivity index (χ2n) is 19.1. The van der Waals surface area contributed by atoms with Crippen LogP contribution in [0.1, 0.15) is 82.1 Å². The van der Waals surface area contributed by atoms with Crippen LogP contribution in [0.15, 0.2) is 158 Å². The summed E-state index contributed by atoms with van der Waals surface area (Å²) in [6.45, 7) is 12.8. The summed E-state index contributed by atoms with van der Waals surface area (Å²) in [5.74, 6) is 1.86. The van der Waals surface area contributed by atoms with Crippen molar-refractivity contribution in [3.63, 3.8) is 0 Å². The maximum Gasteiger partial charge on any atom is 0.147 e. The van der Waals surface area contributed by atoms with Crippen LogP contribution in [0.3, 0.4) is 0 Å². The molecule has 0 unspecified atom stereocenters. The smallest absolute Gasteiger partial charge is 0.147 e. The Hall–Kier alpha value is -7.44. The molecule has 6 nitrogen and oxygen atoms in total. The molecule has 0 saturated heterocycles. The Kier molecular flexibility index (Phi) is 12.7. The lowest BCUT2D eigenvalue weighted by Gasteiger charge is -2.24. The van der Waals surface area contributed by atoms with E-state index in [-0.39, 0.29) is 23.7 Å². The van der Waals surface area contributed by atoms with Gasteiger partial charge in [-0.2, -0.15) is 0 Å². The number of fused-ring (bicyclic) bond motifs is 6. The van der Waals surface area contributed by atoms with Crippen LogP contribution in [-0.2, 0) is 12.8 Å². The Bertz CT molecular complexity index is 3170. The molecule has 0 fully saturated rings. The van der Waals surface area contributed by atoms with Gasteiger partial charge in [-0.1, -0.05) is 112 Å². The van der Waals surface area contributed by atoms with Crippen molar-refractivity contribution in [1.29, 1.82) is 0 Å². The molecule has 0 aliphatic heterocycles. The van der Waals surface area contributed by atoms with Crippen molar-refractivity contribution < 1.29 is 19.7 Å². The summed E-state index contributed by atoms with van der Waals surface area (Å²) < 4.78 is 18.2. The molecule has 8 aromatic carbocycles. The summed E-state index contributed by atoms with van der Waals surface area (Å²) in [6, 6.07) is 54.8. The highest BCUT2D eigenvalue weighted by Crippen LogP contribution is 2.46. The molecule has 0 amide bonds. The van der Waals surface area contributed by atoms with Gasteiger partial charge in [0.05, 0.1) is 45.6 Å². The number of unbranched alkanes of at least 4 members (excludes halogenated alkanes) is 2. The van der Waals surface area contributed by atoms with Gasteiger partial charge in [0.1, 0.15) is 23.0 Å². The molecule has 0 spiro atoms. The zero-order valence-electron chi connectivity index (χ0n) is 40.7. The van der Waals surface area contributed by atoms with Crippen molar-refractivity contribution in [3.8, 4) is 56.6 Å². The molecule has 69 heavy (non-hydrogen) atoms. The molecule has 2 heterocycles. The van der Waals surface area contributed by atoms with Gasteiger partial charge in [0.2, 0.25) is 0 Å². The van der Waals surface area contributed by atoms with Crippen LogP contribution in [0.5, 0.6) is 23.0 Å². The van der Waals surface area contributed by atoms with Crippen LogP contribution in [0, 0.1) is 13.8 Å². The highest BCUT2D eigenvalue weighted by molar-refractivity contribution is 6.10. The van der Waals surface area contributed by atoms with E-state index in [4.69, 9.17) is 9.47 Å². The lowest BCUT2D eigenvalue weighted by Crippen LogP contribution is -2.23. The predicted molar refractivity (Wildman–Crippen MR) is 287 cm³/mol. The first-order valence-corrected chi connectivity index (χ1v) is 24.9. The van der Waals surface area contributed by atoms with E-state index in [2.05, 4.69) is 208 Å². The van der Waals surface area contributed by atoms with Gasteiger partial charge in [-0.05, 0) is 148 Å². The molecule has 10 rings (SSSR count). The largest absolute Gasteiger partial charge is 0.505 e. The van der Waals surface area contributed by atoms with Crippen LogP contribution in [-0.4, -0.2) is 31.6 Å². The second kappa shape index (κ2) is 19.3. The van der Waals surface area contributed by atoms with Gasteiger partial charge < -0.3 is 28.8 Å². The number of phenolic OH excluding ortho intramolecular Hbond substituents is 2. The number of aryl methyl sites for hydroxylation is 4. The average molecular weight is 911 g/mol. The summed E-state index contributed by atoms with van der Waals surface area (Å²) in [6.07, 6.45) is 6.29. The van der Waals surface area contributed by atoms with Crippen molar-refractivity contribution >= 4 is 43.6 Å². The van der Waals surface area contributed by atoms with E-state index in [0.29, 0.717) is 17.9 Å². The van der Waals surface area contributed by atoms with Gasteiger partial charge in [0.25, 0.3) is 0 Å². The van der Waals surface area contributed by atoms with Crippen molar-refractivity contribution in [2.24, 2.45) is 0 Å². The Morgan fingerprint density at radius 3 is 1.13 bits per heavy atom. The maximum absolute atomic E-state index is 12.5. The van der Waals surface area contributed by atoms with Crippen LogP contribution >= 0.6 is 0 Å². The normalized spacial score (nSPS) is 12.6. The number of hydrogen-bond acceptors (Lipinski definition) is 4. The van der Waals surface area contributed by atoms with Gasteiger partial charge in [-0.3, -0.25) is 0 Å². The first-order valence-electron chi connectivity index (χ1n) is 24.9. The van der Waals surface area contributed by atoms with Crippen LogP contribution in [0.2, 0.25) is 0 Å². The van der Waals surface area contributed by atoms with E-state index >= 15 is 0 Å². The second-order valence-corrected chi connectivity index (χ2v) is 19.1. The minimum atomic E-state index is -0.245. The Morgan fingerprint density at radius 2 is 0.783 bits per heavy atom. The number of ether oxygens (including phenoxy) is 2. The molecule has 6 heteroatoms. The third kappa shape index (κ3) is 8.69. The number of phenols is 2. The van der Waals surface area contributed by atoms with Crippen LogP contribution in [0.4, 0.5) is 0 Å². The summed E-state index contributed by atoms with van der Waals surface area (Å²) in [7, 11) is 0. The fraction of sp³-hybridized carbons (Fsp3) is 0.238. The Balaban J connectivity index is 0.983. The molecule has 10 aromatic rings. The molecule has 0 aliphatic carbocycles.